The Morgan fingerprint density at radius 2 is 2.00 bits per heavy atom. The first-order chi connectivity index (χ1) is 9.20. The van der Waals surface area contributed by atoms with E-state index >= 15 is 0 Å². The van der Waals surface area contributed by atoms with Crippen LogP contribution in [0.4, 0.5) is 0 Å². The summed E-state index contributed by atoms with van der Waals surface area (Å²) in [6, 6.07) is -0.616. The van der Waals surface area contributed by atoms with E-state index in [1.54, 1.807) is 0 Å². The Morgan fingerprint density at radius 3 is 2.55 bits per heavy atom. The number of hydrogen-bond donors (Lipinski definition) is 2. The molecule has 2 fully saturated rings. The third-order valence-corrected chi connectivity index (χ3v) is 7.03. The Hall–Kier alpha value is -0.710. The molecule has 2 aliphatic heterocycles. The van der Waals surface area contributed by atoms with Crippen LogP contribution in [-0.2, 0) is 24.8 Å². The van der Waals surface area contributed by atoms with Crippen LogP contribution in [0.2, 0.25) is 0 Å². The molecule has 10 heteroatoms. The largest absolute Gasteiger partial charge is 0.481 e. The Kier molecular flexibility index (Phi) is 4.38. The Bertz CT molecular complexity index is 585. The van der Waals surface area contributed by atoms with Crippen molar-refractivity contribution in [3.8, 4) is 0 Å². The molecule has 0 aromatic carbocycles. The van der Waals surface area contributed by atoms with E-state index in [-0.39, 0.29) is 31.0 Å². The van der Waals surface area contributed by atoms with E-state index in [4.69, 9.17) is 5.11 Å². The molecule has 0 bridgehead atoms. The van der Waals surface area contributed by atoms with E-state index in [2.05, 4.69) is 4.72 Å². The summed E-state index contributed by atoms with van der Waals surface area (Å²) in [6.45, 7) is 0.197. The number of nitrogens with one attached hydrogen (secondary N) is 1. The van der Waals surface area contributed by atoms with E-state index in [1.807, 2.05) is 0 Å². The highest BCUT2D eigenvalue weighted by Gasteiger charge is 2.36. The van der Waals surface area contributed by atoms with Gasteiger partial charge in [-0.15, -0.1) is 0 Å². The van der Waals surface area contributed by atoms with Crippen molar-refractivity contribution in [2.45, 2.75) is 25.3 Å². The highest BCUT2D eigenvalue weighted by molar-refractivity contribution is 7.91. The molecule has 0 amide bonds. The molecule has 2 rings (SSSR count). The fourth-order valence-electron chi connectivity index (χ4n) is 2.54. The first kappa shape index (κ1) is 15.7. The summed E-state index contributed by atoms with van der Waals surface area (Å²) in [6.07, 6.45) is 1.21. The topological polar surface area (TPSA) is 121 Å². The molecule has 20 heavy (non-hydrogen) atoms. The lowest BCUT2D eigenvalue weighted by Crippen LogP contribution is -2.50. The van der Waals surface area contributed by atoms with Crippen LogP contribution in [0.25, 0.3) is 0 Å². The van der Waals surface area contributed by atoms with E-state index in [1.165, 1.54) is 0 Å². The van der Waals surface area contributed by atoms with E-state index in [0.29, 0.717) is 12.8 Å². The standard InChI is InChI=1S/C10H18N2O6S2/c13-10(14)8-2-1-4-12(6-8)20(17,18)11-9-3-5-19(15,16)7-9/h8-9,11H,1-7H2,(H,13,14). The van der Waals surface area contributed by atoms with Crippen molar-refractivity contribution in [1.29, 1.82) is 0 Å². The first-order valence-corrected chi connectivity index (χ1v) is 9.66. The van der Waals surface area contributed by atoms with Gasteiger partial charge in [-0.05, 0) is 19.3 Å². The Balaban J connectivity index is 2.01. The summed E-state index contributed by atoms with van der Waals surface area (Å²) in [4.78, 5) is 10.9. The monoisotopic (exact) mass is 326 g/mol. The molecule has 2 aliphatic rings. The number of carboxylic acids is 1. The molecular weight excluding hydrogens is 308 g/mol. The van der Waals surface area contributed by atoms with Gasteiger partial charge in [-0.1, -0.05) is 0 Å². The zero-order valence-electron chi connectivity index (χ0n) is 10.9. The third kappa shape index (κ3) is 3.68. The minimum absolute atomic E-state index is 0.0159. The van der Waals surface area contributed by atoms with Crippen molar-refractivity contribution in [3.05, 3.63) is 0 Å². The lowest BCUT2D eigenvalue weighted by atomic mass is 10.0. The van der Waals surface area contributed by atoms with Crippen LogP contribution in [0.15, 0.2) is 0 Å². The summed E-state index contributed by atoms with van der Waals surface area (Å²) < 4.78 is 50.4. The molecule has 2 heterocycles. The molecule has 116 valence electrons. The van der Waals surface area contributed by atoms with Gasteiger partial charge in [0.25, 0.3) is 10.2 Å². The van der Waals surface area contributed by atoms with Gasteiger partial charge in [0.15, 0.2) is 9.84 Å². The van der Waals surface area contributed by atoms with Crippen molar-refractivity contribution < 1.29 is 26.7 Å². The molecule has 2 N–H and O–H groups in total. The van der Waals surface area contributed by atoms with Gasteiger partial charge < -0.3 is 5.11 Å². The SMILES string of the molecule is O=C(O)C1CCCN(S(=O)(=O)NC2CCS(=O)(=O)C2)C1. The minimum atomic E-state index is -3.83. The lowest BCUT2D eigenvalue weighted by Gasteiger charge is -2.30. The van der Waals surface area contributed by atoms with Crippen molar-refractivity contribution in [1.82, 2.24) is 9.03 Å². The summed E-state index contributed by atoms with van der Waals surface area (Å²) in [5, 5.41) is 8.95. The smallest absolute Gasteiger partial charge is 0.307 e. The number of hydrogen-bond acceptors (Lipinski definition) is 5. The number of carbonyl (C=O) groups is 1. The van der Waals surface area contributed by atoms with E-state index < -0.39 is 38.0 Å². The van der Waals surface area contributed by atoms with Crippen molar-refractivity contribution in [2.24, 2.45) is 5.92 Å². The number of rotatable bonds is 4. The van der Waals surface area contributed by atoms with Crippen LogP contribution in [-0.4, -0.2) is 62.9 Å². The van der Waals surface area contributed by atoms with E-state index in [9.17, 15) is 21.6 Å². The summed E-state index contributed by atoms with van der Waals surface area (Å²) in [7, 11) is -6.99. The molecule has 2 atom stereocenters. The Labute approximate surface area is 118 Å². The average molecular weight is 326 g/mol. The van der Waals surface area contributed by atoms with Crippen molar-refractivity contribution in [3.63, 3.8) is 0 Å². The molecule has 8 nitrogen and oxygen atoms in total. The van der Waals surface area contributed by atoms with Gasteiger partial charge in [0.05, 0.1) is 17.4 Å². The molecular formula is C10H18N2O6S2. The number of aliphatic carboxylic acids is 1. The first-order valence-electron chi connectivity index (χ1n) is 6.40. The maximum absolute atomic E-state index is 12.1. The molecule has 0 aromatic heterocycles. The normalized spacial score (nSPS) is 31.2. The molecule has 0 aromatic rings. The number of piperidine rings is 1. The molecule has 0 aliphatic carbocycles. The second-order valence-corrected chi connectivity index (χ2v) is 9.19. The summed E-state index contributed by atoms with van der Waals surface area (Å²) in [5.74, 6) is -1.92. The fraction of sp³-hybridized carbons (Fsp3) is 0.900. The third-order valence-electron chi connectivity index (χ3n) is 3.62. The van der Waals surface area contributed by atoms with Crippen molar-refractivity contribution in [2.75, 3.05) is 24.6 Å². The summed E-state index contributed by atoms with van der Waals surface area (Å²) >= 11 is 0. The van der Waals surface area contributed by atoms with Crippen LogP contribution in [0.5, 0.6) is 0 Å². The predicted octanol–water partition coefficient (Wildman–Crippen LogP) is -1.20. The van der Waals surface area contributed by atoms with Gasteiger partial charge in [-0.25, -0.2) is 8.42 Å². The van der Waals surface area contributed by atoms with Gasteiger partial charge in [-0.2, -0.15) is 17.4 Å². The van der Waals surface area contributed by atoms with Gasteiger partial charge >= 0.3 is 5.97 Å². The molecule has 0 spiro atoms. The number of nitrogens with zero attached hydrogens (tertiary/aromatic N) is 1. The zero-order chi connectivity index (χ0) is 15.0. The van der Waals surface area contributed by atoms with Gasteiger partial charge in [0.2, 0.25) is 0 Å². The fourth-order valence-corrected chi connectivity index (χ4v) is 5.83. The number of sulfone groups is 1. The maximum atomic E-state index is 12.1. The predicted molar refractivity (Wildman–Crippen MR) is 71.0 cm³/mol. The minimum Gasteiger partial charge on any atom is -0.481 e. The van der Waals surface area contributed by atoms with Gasteiger partial charge in [0, 0.05) is 19.1 Å². The second kappa shape index (κ2) is 5.58. The second-order valence-electron chi connectivity index (χ2n) is 5.26. The van der Waals surface area contributed by atoms with Crippen molar-refractivity contribution >= 4 is 26.0 Å². The Morgan fingerprint density at radius 1 is 1.30 bits per heavy atom. The molecule has 0 radical (unpaired) electrons. The highest BCUT2D eigenvalue weighted by atomic mass is 32.2. The molecule has 2 unspecified atom stereocenters. The highest BCUT2D eigenvalue weighted by Crippen LogP contribution is 2.20. The van der Waals surface area contributed by atoms with Crippen LogP contribution in [0, 0.1) is 5.92 Å². The molecule has 0 saturated carbocycles. The zero-order valence-corrected chi connectivity index (χ0v) is 12.5. The van der Waals surface area contributed by atoms with Gasteiger partial charge in [-0.3, -0.25) is 4.79 Å². The van der Waals surface area contributed by atoms with E-state index in [0.717, 1.165) is 4.31 Å². The maximum Gasteiger partial charge on any atom is 0.307 e. The van der Waals surface area contributed by atoms with Crippen LogP contribution >= 0.6 is 0 Å². The molecule has 2 saturated heterocycles. The number of carboxylic acid groups (broad SMARTS) is 1. The summed E-state index contributed by atoms with van der Waals surface area (Å²) in [5.41, 5.74) is 0. The van der Waals surface area contributed by atoms with Crippen LogP contribution in [0.3, 0.4) is 0 Å². The van der Waals surface area contributed by atoms with Crippen LogP contribution < -0.4 is 4.72 Å². The quantitative estimate of drug-likeness (QED) is 0.670. The van der Waals surface area contributed by atoms with Crippen LogP contribution in [0.1, 0.15) is 19.3 Å². The lowest BCUT2D eigenvalue weighted by molar-refractivity contribution is -0.142. The van der Waals surface area contributed by atoms with Gasteiger partial charge in [0.1, 0.15) is 0 Å². The average Bonchev–Trinajstić information content (AvgIpc) is 2.68.